The average molecular weight is 466 g/mol. The van der Waals surface area contributed by atoms with Gasteiger partial charge in [0.1, 0.15) is 0 Å². The number of benzene rings is 2. The lowest BCUT2D eigenvalue weighted by Crippen LogP contribution is -2.15. The van der Waals surface area contributed by atoms with Crippen LogP contribution < -0.4 is 5.32 Å². The number of alkyl halides is 2. The Balaban J connectivity index is 1.61. The molecule has 1 N–H and O–H groups in total. The zero-order valence-electron chi connectivity index (χ0n) is 16.8. The molecule has 6 nitrogen and oxygen atoms in total. The minimum atomic E-state index is -4.66. The molecule has 0 unspecified atom stereocenters. The predicted molar refractivity (Wildman–Crippen MR) is 117 cm³/mol. The molecule has 10 heteroatoms. The lowest BCUT2D eigenvalue weighted by molar-refractivity contribution is -0.113. The molecule has 0 saturated carbocycles. The molecule has 1 amide bonds. The van der Waals surface area contributed by atoms with Crippen molar-refractivity contribution in [1.82, 2.24) is 9.55 Å². The normalized spacial score (nSPS) is 11.8. The van der Waals surface area contributed by atoms with Crippen LogP contribution in [0.15, 0.2) is 71.0 Å². The van der Waals surface area contributed by atoms with Gasteiger partial charge in [0.05, 0.1) is 10.6 Å². The van der Waals surface area contributed by atoms with Crippen molar-refractivity contribution in [3.05, 3.63) is 66.5 Å². The highest BCUT2D eigenvalue weighted by Gasteiger charge is 2.26. The van der Waals surface area contributed by atoms with Crippen molar-refractivity contribution in [1.29, 1.82) is 0 Å². The summed E-state index contributed by atoms with van der Waals surface area (Å²) in [5.74, 6) is -3.33. The monoisotopic (exact) mass is 465 g/mol. The highest BCUT2D eigenvalue weighted by atomic mass is 32.2. The minimum absolute atomic E-state index is 0.0676. The number of hydrogen-bond acceptors (Lipinski definition) is 5. The van der Waals surface area contributed by atoms with Gasteiger partial charge in [0, 0.05) is 23.8 Å². The van der Waals surface area contributed by atoms with Gasteiger partial charge in [0.25, 0.3) is 0 Å². The van der Waals surface area contributed by atoms with Gasteiger partial charge in [-0.25, -0.2) is 13.4 Å². The zero-order valence-corrected chi connectivity index (χ0v) is 18.5. The highest BCUT2D eigenvalue weighted by molar-refractivity contribution is 7.99. The Labute approximate surface area is 183 Å². The number of aromatic nitrogens is 2. The van der Waals surface area contributed by atoms with Crippen LogP contribution in [0.2, 0.25) is 0 Å². The minimum Gasteiger partial charge on any atom is -0.325 e. The molecule has 3 rings (SSSR count). The molecule has 0 fully saturated rings. The number of hydrogen-bond donors (Lipinski definition) is 1. The van der Waals surface area contributed by atoms with Crippen molar-refractivity contribution in [2.45, 2.75) is 35.6 Å². The summed E-state index contributed by atoms with van der Waals surface area (Å²) in [6, 6.07) is 12.7. The lowest BCUT2D eigenvalue weighted by Gasteiger charge is -2.10. The van der Waals surface area contributed by atoms with Crippen LogP contribution in [0.25, 0.3) is 5.69 Å². The fourth-order valence-electron chi connectivity index (χ4n) is 2.77. The summed E-state index contributed by atoms with van der Waals surface area (Å²) in [6.45, 7) is 4.24. The number of sulfone groups is 1. The molecule has 2 aromatic carbocycles. The van der Waals surface area contributed by atoms with E-state index in [0.29, 0.717) is 16.8 Å². The summed E-state index contributed by atoms with van der Waals surface area (Å²) in [5.41, 5.74) is 2.47. The average Bonchev–Trinajstić information content (AvgIpc) is 3.21. The third-order valence-corrected chi connectivity index (χ3v) is 6.84. The summed E-state index contributed by atoms with van der Waals surface area (Å²) >= 11 is 1.24. The first-order chi connectivity index (χ1) is 14.7. The third-order valence-electron chi connectivity index (χ3n) is 4.48. The van der Waals surface area contributed by atoms with Gasteiger partial charge in [-0.1, -0.05) is 37.7 Å². The topological polar surface area (TPSA) is 81.1 Å². The van der Waals surface area contributed by atoms with Crippen LogP contribution in [0, 0.1) is 0 Å². The Bertz CT molecular complexity index is 1140. The number of rotatable bonds is 8. The van der Waals surface area contributed by atoms with Crippen LogP contribution in [0.3, 0.4) is 0 Å². The lowest BCUT2D eigenvalue weighted by atomic mass is 10.0. The standard InChI is InChI=1S/C21H21F2N3O3S2/c1-14(2)15-3-7-17(8-4-15)26-12-11-24-21(26)30-13-19(27)25-16-5-9-18(10-6-16)31(28,29)20(22)23/h3-12,14,20H,13H2,1-2H3,(H,25,27). The van der Waals surface area contributed by atoms with E-state index in [-0.39, 0.29) is 11.7 Å². The zero-order chi connectivity index (χ0) is 22.6. The van der Waals surface area contributed by atoms with E-state index >= 15 is 0 Å². The van der Waals surface area contributed by atoms with Crippen molar-refractivity contribution < 1.29 is 22.0 Å². The molecule has 31 heavy (non-hydrogen) atoms. The molecular formula is C21H21F2N3O3S2. The quantitative estimate of drug-likeness (QED) is 0.487. The van der Waals surface area contributed by atoms with Crippen LogP contribution in [0.1, 0.15) is 25.3 Å². The Morgan fingerprint density at radius 3 is 2.32 bits per heavy atom. The van der Waals surface area contributed by atoms with Gasteiger partial charge in [0.15, 0.2) is 5.16 Å². The molecule has 0 aliphatic carbocycles. The predicted octanol–water partition coefficient (Wildman–Crippen LogP) is 4.72. The first-order valence-corrected chi connectivity index (χ1v) is 11.9. The van der Waals surface area contributed by atoms with E-state index in [1.54, 1.807) is 6.20 Å². The number of amides is 1. The van der Waals surface area contributed by atoms with Gasteiger partial charge in [0.2, 0.25) is 15.7 Å². The van der Waals surface area contributed by atoms with E-state index in [1.165, 1.54) is 29.5 Å². The maximum Gasteiger partial charge on any atom is 0.341 e. The largest absolute Gasteiger partial charge is 0.341 e. The molecule has 0 spiro atoms. The molecule has 3 aromatic rings. The maximum absolute atomic E-state index is 12.6. The van der Waals surface area contributed by atoms with E-state index in [4.69, 9.17) is 0 Å². The van der Waals surface area contributed by atoms with Gasteiger partial charge < -0.3 is 5.32 Å². The Hall–Kier alpha value is -2.72. The smallest absolute Gasteiger partial charge is 0.325 e. The molecule has 164 valence electrons. The number of anilines is 1. The number of carbonyl (C=O) groups is 1. The van der Waals surface area contributed by atoms with Gasteiger partial charge in [-0.15, -0.1) is 0 Å². The third kappa shape index (κ3) is 5.50. The second kappa shape index (κ2) is 9.61. The Kier molecular flexibility index (Phi) is 7.11. The molecule has 1 heterocycles. The van der Waals surface area contributed by atoms with Crippen molar-refractivity contribution in [2.24, 2.45) is 0 Å². The van der Waals surface area contributed by atoms with Gasteiger partial charge in [-0.3, -0.25) is 9.36 Å². The summed E-state index contributed by atoms with van der Waals surface area (Å²) < 4.78 is 50.0. The van der Waals surface area contributed by atoms with Crippen LogP contribution in [-0.4, -0.2) is 35.4 Å². The fraction of sp³-hybridized carbons (Fsp3) is 0.238. The molecule has 0 atom stereocenters. The molecule has 0 saturated heterocycles. The van der Waals surface area contributed by atoms with Crippen LogP contribution in [0.5, 0.6) is 0 Å². The number of nitrogens with zero attached hydrogens (tertiary/aromatic N) is 2. The maximum atomic E-state index is 12.6. The molecule has 0 aliphatic rings. The van der Waals surface area contributed by atoms with Crippen molar-refractivity contribution in [3.8, 4) is 5.69 Å². The van der Waals surface area contributed by atoms with Crippen molar-refractivity contribution >= 4 is 33.2 Å². The first kappa shape index (κ1) is 23.0. The van der Waals surface area contributed by atoms with Crippen molar-refractivity contribution in [3.63, 3.8) is 0 Å². The van der Waals surface area contributed by atoms with Gasteiger partial charge in [-0.05, 0) is 47.9 Å². The van der Waals surface area contributed by atoms with Gasteiger partial charge >= 0.3 is 5.76 Å². The Morgan fingerprint density at radius 1 is 1.10 bits per heavy atom. The van der Waals surface area contributed by atoms with Crippen LogP contribution >= 0.6 is 11.8 Å². The van der Waals surface area contributed by atoms with E-state index < -0.39 is 20.5 Å². The van der Waals surface area contributed by atoms with E-state index in [0.717, 1.165) is 17.8 Å². The van der Waals surface area contributed by atoms with E-state index in [9.17, 15) is 22.0 Å². The van der Waals surface area contributed by atoms with Crippen LogP contribution in [0.4, 0.5) is 14.5 Å². The fourth-order valence-corrected chi connectivity index (χ4v) is 4.27. The number of thioether (sulfide) groups is 1. The van der Waals surface area contributed by atoms with Gasteiger partial charge in [-0.2, -0.15) is 8.78 Å². The number of carbonyl (C=O) groups excluding carboxylic acids is 1. The van der Waals surface area contributed by atoms with Crippen LogP contribution in [-0.2, 0) is 14.6 Å². The summed E-state index contributed by atoms with van der Waals surface area (Å²) in [6.07, 6.45) is 3.46. The molecule has 0 aliphatic heterocycles. The second-order valence-corrected chi connectivity index (χ2v) is 9.85. The molecule has 0 bridgehead atoms. The summed E-state index contributed by atoms with van der Waals surface area (Å²) in [7, 11) is -4.66. The molecular weight excluding hydrogens is 444 g/mol. The second-order valence-electron chi connectivity index (χ2n) is 6.99. The summed E-state index contributed by atoms with van der Waals surface area (Å²) in [5, 5.41) is 3.26. The summed E-state index contributed by atoms with van der Waals surface area (Å²) in [4.78, 5) is 16.1. The first-order valence-electron chi connectivity index (χ1n) is 9.37. The number of halogens is 2. The Morgan fingerprint density at radius 2 is 1.74 bits per heavy atom. The highest BCUT2D eigenvalue weighted by Crippen LogP contribution is 2.24. The van der Waals surface area contributed by atoms with E-state index in [2.05, 4.69) is 36.3 Å². The SMILES string of the molecule is CC(C)c1ccc(-n2ccnc2SCC(=O)Nc2ccc(S(=O)(=O)C(F)F)cc2)cc1. The van der Waals surface area contributed by atoms with E-state index in [1.807, 2.05) is 22.9 Å². The van der Waals surface area contributed by atoms with Crippen molar-refractivity contribution in [2.75, 3.05) is 11.1 Å². The molecule has 0 radical (unpaired) electrons. The molecule has 1 aromatic heterocycles. The number of nitrogens with one attached hydrogen (secondary N) is 1. The number of imidazole rings is 1.